The number of carbonyl (C=O) groups is 2. The van der Waals surface area contributed by atoms with Crippen molar-refractivity contribution in [3.05, 3.63) is 23.8 Å². The van der Waals surface area contributed by atoms with E-state index >= 15 is 0 Å². The Morgan fingerprint density at radius 3 is 2.44 bits per heavy atom. The molecule has 3 N–H and O–H groups in total. The van der Waals surface area contributed by atoms with Gasteiger partial charge in [-0.2, -0.15) is 0 Å². The van der Waals surface area contributed by atoms with Crippen molar-refractivity contribution >= 4 is 11.7 Å². The second-order valence-electron chi connectivity index (χ2n) is 6.73. The number of hydrogen-bond donors (Lipinski definition) is 2. The number of ketones is 1. The van der Waals surface area contributed by atoms with Crippen LogP contribution in [-0.2, 0) is 4.79 Å². The Kier molecular flexibility index (Phi) is 6.02. The van der Waals surface area contributed by atoms with Crippen LogP contribution in [0.2, 0.25) is 0 Å². The van der Waals surface area contributed by atoms with Crippen molar-refractivity contribution in [2.24, 2.45) is 11.7 Å². The molecule has 1 aromatic carbocycles. The molecule has 0 aromatic heterocycles. The summed E-state index contributed by atoms with van der Waals surface area (Å²) in [6, 6.07) is 4.14. The molecule has 0 saturated heterocycles. The lowest BCUT2D eigenvalue weighted by Gasteiger charge is -2.31. The summed E-state index contributed by atoms with van der Waals surface area (Å²) in [4.78, 5) is 26.7. The number of fused-ring (bicyclic) bond motifs is 1. The molecule has 1 amide bonds. The molecule has 0 spiro atoms. The predicted molar refractivity (Wildman–Crippen MR) is 94.5 cm³/mol. The molecule has 0 saturated carbocycles. The fraction of sp³-hybridized carbons (Fsp3) is 0.556. The molecule has 1 heterocycles. The van der Waals surface area contributed by atoms with Crippen molar-refractivity contribution < 1.29 is 19.1 Å². The number of hydrogen-bond acceptors (Lipinski definition) is 6. The van der Waals surface area contributed by atoms with E-state index in [4.69, 9.17) is 15.2 Å². The van der Waals surface area contributed by atoms with Gasteiger partial charge in [0.2, 0.25) is 12.7 Å². The van der Waals surface area contributed by atoms with Crippen molar-refractivity contribution in [1.82, 2.24) is 10.2 Å². The lowest BCUT2D eigenvalue weighted by Crippen LogP contribution is -2.54. The van der Waals surface area contributed by atoms with Crippen LogP contribution < -0.4 is 20.5 Å². The number of benzene rings is 1. The standard InChI is InChI=1S/C18H27N3O4/c1-10(2)16(19)18(23)20-12(4)21(5)11(3)17(22)13-6-7-14-15(8-13)25-9-24-14/h6-8,10-12,16H,9,19H2,1-5H3,(H,20,23). The van der Waals surface area contributed by atoms with Gasteiger partial charge in [-0.25, -0.2) is 0 Å². The van der Waals surface area contributed by atoms with Gasteiger partial charge in [0, 0.05) is 5.56 Å². The fourth-order valence-electron chi connectivity index (χ4n) is 2.52. The molecule has 138 valence electrons. The van der Waals surface area contributed by atoms with Crippen LogP contribution in [0.15, 0.2) is 18.2 Å². The molecule has 0 radical (unpaired) electrons. The van der Waals surface area contributed by atoms with E-state index in [1.807, 2.05) is 20.8 Å². The van der Waals surface area contributed by atoms with Crippen molar-refractivity contribution in [1.29, 1.82) is 0 Å². The molecule has 7 nitrogen and oxygen atoms in total. The molecular weight excluding hydrogens is 322 g/mol. The topological polar surface area (TPSA) is 93.9 Å². The van der Waals surface area contributed by atoms with Crippen LogP contribution in [0.4, 0.5) is 0 Å². The Balaban J connectivity index is 2.02. The monoisotopic (exact) mass is 349 g/mol. The smallest absolute Gasteiger partial charge is 0.238 e. The summed E-state index contributed by atoms with van der Waals surface area (Å²) in [7, 11) is 1.79. The zero-order valence-corrected chi connectivity index (χ0v) is 15.4. The molecule has 7 heteroatoms. The van der Waals surface area contributed by atoms with Crippen LogP contribution in [0, 0.1) is 5.92 Å². The van der Waals surface area contributed by atoms with Crippen LogP contribution in [0.1, 0.15) is 38.1 Å². The summed E-state index contributed by atoms with van der Waals surface area (Å²) < 4.78 is 10.6. The third kappa shape index (κ3) is 4.29. The van der Waals surface area contributed by atoms with Gasteiger partial charge in [0.05, 0.1) is 18.2 Å². The SMILES string of the molecule is CC(C)C(N)C(=O)NC(C)N(C)C(C)C(=O)c1ccc2c(c1)OCO2. The highest BCUT2D eigenvalue weighted by atomic mass is 16.7. The number of carbonyl (C=O) groups excluding carboxylic acids is 2. The molecule has 0 aliphatic carbocycles. The van der Waals surface area contributed by atoms with Gasteiger partial charge in [0.25, 0.3) is 0 Å². The zero-order chi connectivity index (χ0) is 18.7. The average Bonchev–Trinajstić information content (AvgIpc) is 3.06. The third-order valence-electron chi connectivity index (χ3n) is 4.63. The fourth-order valence-corrected chi connectivity index (χ4v) is 2.52. The Hall–Kier alpha value is -2.12. The molecule has 0 bridgehead atoms. The Labute approximate surface area is 148 Å². The van der Waals surface area contributed by atoms with E-state index in [1.165, 1.54) is 0 Å². The summed E-state index contributed by atoms with van der Waals surface area (Å²) in [5.41, 5.74) is 6.41. The number of nitrogens with one attached hydrogen (secondary N) is 1. The Bertz CT molecular complexity index is 647. The summed E-state index contributed by atoms with van der Waals surface area (Å²) in [6.07, 6.45) is -0.328. The lowest BCUT2D eigenvalue weighted by atomic mass is 10.0. The van der Waals surface area contributed by atoms with Crippen LogP contribution >= 0.6 is 0 Å². The number of rotatable bonds is 7. The Morgan fingerprint density at radius 1 is 1.16 bits per heavy atom. The Morgan fingerprint density at radius 2 is 1.80 bits per heavy atom. The third-order valence-corrected chi connectivity index (χ3v) is 4.63. The van der Waals surface area contributed by atoms with E-state index in [-0.39, 0.29) is 30.6 Å². The number of nitrogens with two attached hydrogens (primary N) is 1. The first-order valence-corrected chi connectivity index (χ1v) is 8.44. The van der Waals surface area contributed by atoms with Crippen LogP contribution in [0.25, 0.3) is 0 Å². The summed E-state index contributed by atoms with van der Waals surface area (Å²) in [5, 5.41) is 2.85. The first-order chi connectivity index (χ1) is 11.7. The van der Waals surface area contributed by atoms with Crippen LogP contribution in [0.5, 0.6) is 11.5 Å². The summed E-state index contributed by atoms with van der Waals surface area (Å²) in [5.74, 6) is 0.975. The van der Waals surface area contributed by atoms with Gasteiger partial charge in [-0.15, -0.1) is 0 Å². The van der Waals surface area contributed by atoms with Gasteiger partial charge in [0.15, 0.2) is 17.3 Å². The van der Waals surface area contributed by atoms with E-state index in [0.29, 0.717) is 17.1 Å². The molecule has 25 heavy (non-hydrogen) atoms. The predicted octanol–water partition coefficient (Wildman–Crippen LogP) is 1.36. The average molecular weight is 349 g/mol. The lowest BCUT2D eigenvalue weighted by molar-refractivity contribution is -0.125. The zero-order valence-electron chi connectivity index (χ0n) is 15.4. The number of ether oxygens (including phenoxy) is 2. The van der Waals surface area contributed by atoms with Crippen molar-refractivity contribution in [2.45, 2.75) is 45.9 Å². The number of nitrogens with zero attached hydrogens (tertiary/aromatic N) is 1. The number of likely N-dealkylation sites (N-methyl/N-ethyl adjacent to an activating group) is 1. The first kappa shape index (κ1) is 19.2. The summed E-state index contributed by atoms with van der Waals surface area (Å²) in [6.45, 7) is 7.59. The van der Waals surface area contributed by atoms with Crippen molar-refractivity contribution in [2.75, 3.05) is 13.8 Å². The quantitative estimate of drug-likeness (QED) is 0.570. The molecule has 3 unspecified atom stereocenters. The van der Waals surface area contributed by atoms with Gasteiger partial charge in [-0.05, 0) is 45.0 Å². The molecule has 1 aromatic rings. The van der Waals surface area contributed by atoms with Gasteiger partial charge in [-0.3, -0.25) is 14.5 Å². The maximum atomic E-state index is 12.7. The van der Waals surface area contributed by atoms with E-state index in [0.717, 1.165) is 0 Å². The van der Waals surface area contributed by atoms with Crippen LogP contribution in [-0.4, -0.2) is 48.7 Å². The largest absolute Gasteiger partial charge is 0.454 e. The molecule has 2 rings (SSSR count). The normalized spacial score (nSPS) is 16.6. The van der Waals surface area contributed by atoms with E-state index in [2.05, 4.69) is 5.32 Å². The van der Waals surface area contributed by atoms with Gasteiger partial charge >= 0.3 is 0 Å². The van der Waals surface area contributed by atoms with Gasteiger partial charge in [-0.1, -0.05) is 13.8 Å². The number of amides is 1. The van der Waals surface area contributed by atoms with E-state index in [9.17, 15) is 9.59 Å². The molecule has 1 aliphatic heterocycles. The minimum absolute atomic E-state index is 0.0465. The molecular formula is C18H27N3O4. The molecule has 1 aliphatic rings. The highest BCUT2D eigenvalue weighted by Gasteiger charge is 2.27. The second kappa shape index (κ2) is 7.84. The van der Waals surface area contributed by atoms with E-state index in [1.54, 1.807) is 37.1 Å². The minimum atomic E-state index is -0.573. The summed E-state index contributed by atoms with van der Waals surface area (Å²) >= 11 is 0. The van der Waals surface area contributed by atoms with E-state index < -0.39 is 12.1 Å². The molecule has 0 fully saturated rings. The second-order valence-corrected chi connectivity index (χ2v) is 6.73. The van der Waals surface area contributed by atoms with Crippen LogP contribution in [0.3, 0.4) is 0 Å². The number of Topliss-reactive ketones (excluding diaryl/α,β-unsaturated/α-hetero) is 1. The molecule has 3 atom stereocenters. The maximum Gasteiger partial charge on any atom is 0.238 e. The highest BCUT2D eigenvalue weighted by molar-refractivity contribution is 6.00. The van der Waals surface area contributed by atoms with Gasteiger partial charge in [0.1, 0.15) is 0 Å². The minimum Gasteiger partial charge on any atom is -0.454 e. The maximum absolute atomic E-state index is 12.7. The van der Waals surface area contributed by atoms with Gasteiger partial charge < -0.3 is 20.5 Å². The van der Waals surface area contributed by atoms with Crippen molar-refractivity contribution in [3.8, 4) is 11.5 Å². The first-order valence-electron chi connectivity index (χ1n) is 8.44. The van der Waals surface area contributed by atoms with Crippen molar-refractivity contribution in [3.63, 3.8) is 0 Å². The highest BCUT2D eigenvalue weighted by Crippen LogP contribution is 2.33.